The maximum absolute atomic E-state index is 13.7. The van der Waals surface area contributed by atoms with Crippen molar-refractivity contribution >= 4 is 11.7 Å². The number of hydrogen-bond donors (Lipinski definition) is 0. The summed E-state index contributed by atoms with van der Waals surface area (Å²) in [6.45, 7) is 5.91. The fraction of sp³-hybridized carbons (Fsp3) is 0.619. The highest BCUT2D eigenvalue weighted by molar-refractivity contribution is 5.98. The Hall–Kier alpha value is -1.82. The fourth-order valence-electron chi connectivity index (χ4n) is 4.59. The molecule has 0 bridgehead atoms. The van der Waals surface area contributed by atoms with E-state index in [2.05, 4.69) is 18.7 Å². The van der Waals surface area contributed by atoms with Crippen molar-refractivity contribution in [1.82, 2.24) is 9.80 Å². The van der Waals surface area contributed by atoms with Crippen LogP contribution in [0, 0.1) is 11.6 Å². The molecular weight excluding hydrogens is 350 g/mol. The number of piperidine rings is 1. The highest BCUT2D eigenvalue weighted by Crippen LogP contribution is 2.30. The molecule has 3 rings (SSSR count). The predicted octanol–water partition coefficient (Wildman–Crippen LogP) is 3.79. The third-order valence-electron chi connectivity index (χ3n) is 5.99. The Morgan fingerprint density at radius 3 is 2.44 bits per heavy atom. The fourth-order valence-corrected chi connectivity index (χ4v) is 4.59. The number of Topliss-reactive ketones (excluding diaryl/α,β-unsaturated/α-hetero) is 1. The van der Waals surface area contributed by atoms with Crippen LogP contribution in [-0.2, 0) is 4.79 Å². The summed E-state index contributed by atoms with van der Waals surface area (Å²) >= 11 is 0. The topological polar surface area (TPSA) is 40.6 Å². The van der Waals surface area contributed by atoms with Gasteiger partial charge in [0.25, 0.3) is 0 Å². The van der Waals surface area contributed by atoms with E-state index >= 15 is 0 Å². The average Bonchev–Trinajstić information content (AvgIpc) is 2.98. The van der Waals surface area contributed by atoms with E-state index in [4.69, 9.17) is 0 Å². The van der Waals surface area contributed by atoms with E-state index in [9.17, 15) is 18.4 Å². The van der Waals surface area contributed by atoms with Gasteiger partial charge in [0.1, 0.15) is 11.6 Å². The lowest BCUT2D eigenvalue weighted by molar-refractivity contribution is -0.133. The minimum atomic E-state index is -0.873. The number of ketones is 1. The maximum atomic E-state index is 13.7. The second kappa shape index (κ2) is 8.46. The highest BCUT2D eigenvalue weighted by Gasteiger charge is 2.36. The predicted molar refractivity (Wildman–Crippen MR) is 99.5 cm³/mol. The van der Waals surface area contributed by atoms with Crippen LogP contribution < -0.4 is 0 Å². The van der Waals surface area contributed by atoms with Gasteiger partial charge in [0, 0.05) is 50.1 Å². The molecule has 0 unspecified atom stereocenters. The molecule has 6 heteroatoms. The molecule has 1 amide bonds. The highest BCUT2D eigenvalue weighted by atomic mass is 19.1. The van der Waals surface area contributed by atoms with E-state index in [1.807, 2.05) is 4.90 Å². The molecule has 148 valence electrons. The molecule has 0 radical (unpaired) electrons. The van der Waals surface area contributed by atoms with Crippen molar-refractivity contribution in [3.05, 3.63) is 35.4 Å². The first-order chi connectivity index (χ1) is 12.9. The van der Waals surface area contributed by atoms with Crippen molar-refractivity contribution in [2.75, 3.05) is 13.1 Å². The van der Waals surface area contributed by atoms with Gasteiger partial charge in [0.15, 0.2) is 5.78 Å². The minimum Gasteiger partial charge on any atom is -0.341 e. The summed E-state index contributed by atoms with van der Waals surface area (Å²) in [6, 6.07) is 4.37. The largest absolute Gasteiger partial charge is 0.341 e. The molecule has 0 aliphatic carbocycles. The van der Waals surface area contributed by atoms with Gasteiger partial charge in [-0.25, -0.2) is 8.78 Å². The van der Waals surface area contributed by atoms with Crippen LogP contribution >= 0.6 is 0 Å². The van der Waals surface area contributed by atoms with Gasteiger partial charge in [-0.2, -0.15) is 0 Å². The second-order valence-electron chi connectivity index (χ2n) is 7.91. The lowest BCUT2D eigenvalue weighted by Gasteiger charge is -2.41. The van der Waals surface area contributed by atoms with Crippen LogP contribution in [0.1, 0.15) is 62.7 Å². The number of hydrogen-bond acceptors (Lipinski definition) is 3. The number of likely N-dealkylation sites (tertiary alicyclic amines) is 2. The Morgan fingerprint density at radius 2 is 1.78 bits per heavy atom. The number of amides is 1. The number of carbonyl (C=O) groups is 2. The van der Waals surface area contributed by atoms with Gasteiger partial charge in [-0.3, -0.25) is 14.5 Å². The van der Waals surface area contributed by atoms with Crippen LogP contribution in [-0.4, -0.2) is 52.7 Å². The van der Waals surface area contributed by atoms with E-state index in [0.717, 1.165) is 25.0 Å². The number of carbonyl (C=O) groups excluding carboxylic acids is 2. The van der Waals surface area contributed by atoms with Crippen molar-refractivity contribution in [2.24, 2.45) is 0 Å². The molecule has 2 aliphatic rings. The molecule has 2 heterocycles. The molecule has 0 aromatic heterocycles. The molecule has 2 aliphatic heterocycles. The Bertz CT molecular complexity index is 699. The summed E-state index contributed by atoms with van der Waals surface area (Å²) in [4.78, 5) is 29.2. The lowest BCUT2D eigenvalue weighted by Crippen LogP contribution is -2.52. The van der Waals surface area contributed by atoms with Crippen LogP contribution in [0.3, 0.4) is 0 Å². The van der Waals surface area contributed by atoms with Crippen LogP contribution in [0.2, 0.25) is 0 Å². The zero-order valence-corrected chi connectivity index (χ0v) is 16.1. The summed E-state index contributed by atoms with van der Waals surface area (Å²) in [7, 11) is 0. The quantitative estimate of drug-likeness (QED) is 0.732. The molecule has 0 saturated carbocycles. The Balaban J connectivity index is 1.55. The maximum Gasteiger partial charge on any atom is 0.223 e. The second-order valence-corrected chi connectivity index (χ2v) is 7.91. The minimum absolute atomic E-state index is 0.0565. The smallest absolute Gasteiger partial charge is 0.223 e. The summed E-state index contributed by atoms with van der Waals surface area (Å²) in [5, 5.41) is 0. The van der Waals surface area contributed by atoms with E-state index < -0.39 is 17.4 Å². The molecular formula is C21H28F2N2O2. The third-order valence-corrected chi connectivity index (χ3v) is 5.99. The molecule has 1 aromatic rings. The Kier molecular flexibility index (Phi) is 6.25. The Morgan fingerprint density at radius 1 is 1.07 bits per heavy atom. The van der Waals surface area contributed by atoms with E-state index in [0.29, 0.717) is 37.3 Å². The van der Waals surface area contributed by atoms with Crippen LogP contribution in [0.25, 0.3) is 0 Å². The first kappa shape index (κ1) is 19.9. The standard InChI is InChI=1S/C21H28F2N2O2/c1-14-5-6-15(2)25(14)17-4-3-11-24(13-17)21(27)10-9-20(26)18-8-7-16(22)12-19(18)23/h7-8,12,14-15,17H,3-6,9-11,13H2,1-2H3/t14-,15+,17-/m1/s1. The van der Waals surface area contributed by atoms with Crippen molar-refractivity contribution < 1.29 is 18.4 Å². The number of rotatable bonds is 5. The van der Waals surface area contributed by atoms with E-state index in [1.54, 1.807) is 0 Å². The molecule has 2 fully saturated rings. The van der Waals surface area contributed by atoms with Gasteiger partial charge < -0.3 is 4.90 Å². The van der Waals surface area contributed by atoms with Gasteiger partial charge in [-0.05, 0) is 51.7 Å². The number of benzene rings is 1. The molecule has 0 spiro atoms. The summed E-state index contributed by atoms with van der Waals surface area (Å²) in [5.41, 5.74) is -0.152. The van der Waals surface area contributed by atoms with Crippen molar-refractivity contribution in [3.8, 4) is 0 Å². The van der Waals surface area contributed by atoms with Gasteiger partial charge in [-0.15, -0.1) is 0 Å². The summed E-state index contributed by atoms with van der Waals surface area (Å²) < 4.78 is 26.7. The van der Waals surface area contributed by atoms with Gasteiger partial charge >= 0.3 is 0 Å². The van der Waals surface area contributed by atoms with Crippen molar-refractivity contribution in [2.45, 2.75) is 70.5 Å². The van der Waals surface area contributed by atoms with Gasteiger partial charge in [-0.1, -0.05) is 0 Å². The zero-order valence-electron chi connectivity index (χ0n) is 16.1. The number of nitrogens with zero attached hydrogens (tertiary/aromatic N) is 2. The zero-order chi connectivity index (χ0) is 19.6. The van der Waals surface area contributed by atoms with Gasteiger partial charge in [0.2, 0.25) is 5.91 Å². The van der Waals surface area contributed by atoms with Crippen LogP contribution in [0.4, 0.5) is 8.78 Å². The van der Waals surface area contributed by atoms with E-state index in [-0.39, 0.29) is 24.3 Å². The molecule has 3 atom stereocenters. The summed E-state index contributed by atoms with van der Waals surface area (Å²) in [6.07, 6.45) is 4.46. The van der Waals surface area contributed by atoms with Gasteiger partial charge in [0.05, 0.1) is 5.56 Å². The molecule has 2 saturated heterocycles. The molecule has 27 heavy (non-hydrogen) atoms. The van der Waals surface area contributed by atoms with Crippen molar-refractivity contribution in [3.63, 3.8) is 0 Å². The van der Waals surface area contributed by atoms with Crippen LogP contribution in [0.15, 0.2) is 18.2 Å². The first-order valence-electron chi connectivity index (χ1n) is 9.90. The average molecular weight is 378 g/mol. The Labute approximate surface area is 159 Å². The van der Waals surface area contributed by atoms with Crippen LogP contribution in [0.5, 0.6) is 0 Å². The first-order valence-corrected chi connectivity index (χ1v) is 9.90. The molecule has 0 N–H and O–H groups in total. The van der Waals surface area contributed by atoms with Crippen molar-refractivity contribution in [1.29, 1.82) is 0 Å². The normalized spacial score (nSPS) is 26.4. The van der Waals surface area contributed by atoms with E-state index in [1.165, 1.54) is 12.8 Å². The lowest BCUT2D eigenvalue weighted by atomic mass is 10.0. The third kappa shape index (κ3) is 4.54. The molecule has 1 aromatic carbocycles. The molecule has 4 nitrogen and oxygen atoms in total. The monoisotopic (exact) mass is 378 g/mol. The summed E-state index contributed by atoms with van der Waals surface area (Å²) in [5.74, 6) is -2.11. The SMILES string of the molecule is C[C@@H]1CC[C@H](C)N1[C@@H]1CCCN(C(=O)CCC(=O)c2ccc(F)cc2F)C1. The number of halogens is 2.